The van der Waals surface area contributed by atoms with Crippen molar-refractivity contribution in [2.24, 2.45) is 0 Å². The van der Waals surface area contributed by atoms with E-state index < -0.39 is 18.0 Å². The van der Waals surface area contributed by atoms with E-state index in [9.17, 15) is 14.4 Å². The Morgan fingerprint density at radius 3 is 2.25 bits per heavy atom. The maximum absolute atomic E-state index is 12.1. The van der Waals surface area contributed by atoms with Gasteiger partial charge in [-0.3, -0.25) is 14.4 Å². The number of rotatable bonds is 6. The van der Waals surface area contributed by atoms with Gasteiger partial charge in [0.25, 0.3) is 5.91 Å². The van der Waals surface area contributed by atoms with Gasteiger partial charge < -0.3 is 15.4 Å². The van der Waals surface area contributed by atoms with E-state index in [2.05, 4.69) is 10.6 Å². The summed E-state index contributed by atoms with van der Waals surface area (Å²) in [5.74, 6) is -1.03. The van der Waals surface area contributed by atoms with Gasteiger partial charge in [0.05, 0.1) is 6.42 Å². The molecule has 1 atom stereocenters. The van der Waals surface area contributed by atoms with Gasteiger partial charge in [-0.15, -0.1) is 0 Å². The van der Waals surface area contributed by atoms with Crippen molar-refractivity contribution in [1.82, 2.24) is 0 Å². The third-order valence-electron chi connectivity index (χ3n) is 3.08. The first-order valence-corrected chi connectivity index (χ1v) is 8.27. The number of hydrogen-bond acceptors (Lipinski definition) is 5. The van der Waals surface area contributed by atoms with Crippen molar-refractivity contribution in [1.29, 1.82) is 0 Å². The van der Waals surface area contributed by atoms with Crippen LogP contribution < -0.4 is 10.6 Å². The monoisotopic (exact) mass is 346 g/mol. The Hall–Kier alpha value is -2.67. The fourth-order valence-corrected chi connectivity index (χ4v) is 2.60. The van der Waals surface area contributed by atoms with E-state index in [0.29, 0.717) is 11.4 Å². The number of thiophene rings is 1. The summed E-state index contributed by atoms with van der Waals surface area (Å²) in [4.78, 5) is 34.8. The highest BCUT2D eigenvalue weighted by Crippen LogP contribution is 2.14. The first-order valence-electron chi connectivity index (χ1n) is 7.33. The minimum atomic E-state index is -0.897. The maximum Gasteiger partial charge on any atom is 0.311 e. The van der Waals surface area contributed by atoms with Crippen molar-refractivity contribution in [3.05, 3.63) is 46.7 Å². The number of nitrogens with one attached hydrogen (secondary N) is 2. The summed E-state index contributed by atoms with van der Waals surface area (Å²) in [6.45, 7) is 2.94. The molecule has 0 saturated heterocycles. The molecule has 0 aliphatic rings. The second-order valence-electron chi connectivity index (χ2n) is 5.19. The molecule has 0 unspecified atom stereocenters. The minimum Gasteiger partial charge on any atom is -0.452 e. The lowest BCUT2D eigenvalue weighted by Crippen LogP contribution is -2.30. The van der Waals surface area contributed by atoms with Crippen LogP contribution in [0.3, 0.4) is 0 Å². The average molecular weight is 346 g/mol. The summed E-state index contributed by atoms with van der Waals surface area (Å²) in [5, 5.41) is 9.04. The molecular weight excluding hydrogens is 328 g/mol. The first-order chi connectivity index (χ1) is 11.4. The van der Waals surface area contributed by atoms with Crippen molar-refractivity contribution >= 4 is 40.5 Å². The van der Waals surface area contributed by atoms with Crippen LogP contribution in [0.4, 0.5) is 11.4 Å². The maximum atomic E-state index is 12.1. The second-order valence-corrected chi connectivity index (χ2v) is 5.97. The molecule has 0 bridgehead atoms. The number of ether oxygens (including phenoxy) is 1. The average Bonchev–Trinajstić information content (AvgIpc) is 3.01. The summed E-state index contributed by atoms with van der Waals surface area (Å²) in [5.41, 5.74) is 2.05. The van der Waals surface area contributed by atoms with Crippen LogP contribution in [0.15, 0.2) is 41.1 Å². The number of esters is 1. The van der Waals surface area contributed by atoms with Crippen molar-refractivity contribution in [3.8, 4) is 0 Å². The van der Waals surface area contributed by atoms with Gasteiger partial charge in [-0.05, 0) is 53.6 Å². The van der Waals surface area contributed by atoms with Crippen LogP contribution >= 0.6 is 11.3 Å². The van der Waals surface area contributed by atoms with Crippen LogP contribution in [0.5, 0.6) is 0 Å². The number of carbonyl (C=O) groups excluding carboxylic acids is 3. The number of amides is 2. The van der Waals surface area contributed by atoms with E-state index in [0.717, 1.165) is 5.56 Å². The molecule has 2 amide bonds. The lowest BCUT2D eigenvalue weighted by molar-refractivity contribution is -0.152. The molecule has 0 saturated carbocycles. The molecule has 0 fully saturated rings. The lowest BCUT2D eigenvalue weighted by Gasteiger charge is -2.13. The van der Waals surface area contributed by atoms with Gasteiger partial charge in [-0.1, -0.05) is 0 Å². The Kier molecular flexibility index (Phi) is 6.08. The van der Waals surface area contributed by atoms with E-state index in [1.807, 2.05) is 16.8 Å². The molecule has 0 aliphatic heterocycles. The van der Waals surface area contributed by atoms with E-state index >= 15 is 0 Å². The highest BCUT2D eigenvalue weighted by Gasteiger charge is 2.18. The smallest absolute Gasteiger partial charge is 0.311 e. The molecule has 1 aromatic carbocycles. The quantitative estimate of drug-likeness (QED) is 0.788. The van der Waals surface area contributed by atoms with E-state index in [4.69, 9.17) is 4.74 Å². The van der Waals surface area contributed by atoms with Crippen LogP contribution in [0, 0.1) is 0 Å². The summed E-state index contributed by atoms with van der Waals surface area (Å²) in [7, 11) is 0. The highest BCUT2D eigenvalue weighted by atomic mass is 32.1. The van der Waals surface area contributed by atoms with E-state index in [1.165, 1.54) is 25.2 Å². The molecule has 0 spiro atoms. The van der Waals surface area contributed by atoms with Crippen molar-refractivity contribution in [2.75, 3.05) is 10.6 Å². The van der Waals surface area contributed by atoms with Gasteiger partial charge in [0, 0.05) is 18.3 Å². The number of anilines is 2. The molecule has 2 N–H and O–H groups in total. The zero-order valence-corrected chi connectivity index (χ0v) is 14.2. The molecule has 0 aliphatic carbocycles. The van der Waals surface area contributed by atoms with Crippen molar-refractivity contribution in [3.63, 3.8) is 0 Å². The summed E-state index contributed by atoms with van der Waals surface area (Å²) >= 11 is 1.50. The summed E-state index contributed by atoms with van der Waals surface area (Å²) in [6, 6.07) is 8.49. The van der Waals surface area contributed by atoms with Crippen LogP contribution in [0.2, 0.25) is 0 Å². The number of benzene rings is 1. The Morgan fingerprint density at radius 1 is 1.08 bits per heavy atom. The van der Waals surface area contributed by atoms with Crippen LogP contribution in [-0.4, -0.2) is 23.9 Å². The third-order valence-corrected chi connectivity index (χ3v) is 3.81. The predicted octanol–water partition coefficient (Wildman–Crippen LogP) is 2.82. The molecule has 0 radical (unpaired) electrons. The SMILES string of the molecule is CC(=O)Nc1ccc(NC(=O)[C@@H](C)OC(=O)Cc2ccsc2)cc1. The van der Waals surface area contributed by atoms with Gasteiger partial charge in [-0.2, -0.15) is 11.3 Å². The van der Waals surface area contributed by atoms with E-state index in [-0.39, 0.29) is 12.3 Å². The Bertz CT molecular complexity index is 711. The largest absolute Gasteiger partial charge is 0.452 e. The van der Waals surface area contributed by atoms with Crippen LogP contribution in [0.1, 0.15) is 19.4 Å². The zero-order chi connectivity index (χ0) is 17.5. The predicted molar refractivity (Wildman–Crippen MR) is 93.0 cm³/mol. The van der Waals surface area contributed by atoms with Crippen LogP contribution in [0.25, 0.3) is 0 Å². The topological polar surface area (TPSA) is 84.5 Å². The van der Waals surface area contributed by atoms with Gasteiger partial charge in [0.1, 0.15) is 0 Å². The normalized spacial score (nSPS) is 11.4. The minimum absolute atomic E-state index is 0.145. The summed E-state index contributed by atoms with van der Waals surface area (Å²) in [6.07, 6.45) is -0.752. The molecule has 24 heavy (non-hydrogen) atoms. The zero-order valence-electron chi connectivity index (χ0n) is 13.4. The molecular formula is C17H18N2O4S. The molecule has 1 heterocycles. The fourth-order valence-electron chi connectivity index (χ4n) is 1.94. The Balaban J connectivity index is 1.84. The van der Waals surface area contributed by atoms with E-state index in [1.54, 1.807) is 24.3 Å². The summed E-state index contributed by atoms with van der Waals surface area (Å²) < 4.78 is 5.13. The Morgan fingerprint density at radius 2 is 1.71 bits per heavy atom. The van der Waals surface area contributed by atoms with Crippen LogP contribution in [-0.2, 0) is 25.5 Å². The molecule has 126 valence electrons. The fraction of sp³-hybridized carbons (Fsp3) is 0.235. The van der Waals surface area contributed by atoms with Crippen molar-refractivity contribution in [2.45, 2.75) is 26.4 Å². The van der Waals surface area contributed by atoms with Gasteiger partial charge in [0.15, 0.2) is 6.10 Å². The number of carbonyl (C=O) groups is 3. The van der Waals surface area contributed by atoms with Crippen molar-refractivity contribution < 1.29 is 19.1 Å². The van der Waals surface area contributed by atoms with Gasteiger partial charge >= 0.3 is 5.97 Å². The van der Waals surface area contributed by atoms with Gasteiger partial charge in [0.2, 0.25) is 5.91 Å². The number of hydrogen-bond donors (Lipinski definition) is 2. The lowest BCUT2D eigenvalue weighted by atomic mass is 10.2. The molecule has 1 aromatic heterocycles. The van der Waals surface area contributed by atoms with Gasteiger partial charge in [-0.25, -0.2) is 0 Å². The second kappa shape index (κ2) is 8.26. The Labute approximate surface area is 143 Å². The molecule has 2 rings (SSSR count). The molecule has 6 nitrogen and oxygen atoms in total. The molecule has 7 heteroatoms. The third kappa shape index (κ3) is 5.51. The standard InChI is InChI=1S/C17H18N2O4S/c1-11(23-16(21)9-13-7-8-24-10-13)17(22)19-15-5-3-14(4-6-15)18-12(2)20/h3-8,10-11H,9H2,1-2H3,(H,18,20)(H,19,22)/t11-/m1/s1. The first kappa shape index (κ1) is 17.7. The molecule has 2 aromatic rings. The highest BCUT2D eigenvalue weighted by molar-refractivity contribution is 7.08.